The fraction of sp³-hybridized carbons (Fsp3) is 0.440. The van der Waals surface area contributed by atoms with E-state index in [1.807, 2.05) is 18.2 Å². The van der Waals surface area contributed by atoms with E-state index in [4.69, 9.17) is 10.2 Å². The van der Waals surface area contributed by atoms with Gasteiger partial charge in [0.2, 0.25) is 5.91 Å². The fourth-order valence-corrected chi connectivity index (χ4v) is 4.46. The second-order valence-corrected chi connectivity index (χ2v) is 9.55. The topological polar surface area (TPSA) is 81.2 Å². The van der Waals surface area contributed by atoms with Crippen LogP contribution in [0.2, 0.25) is 0 Å². The molecule has 0 radical (unpaired) electrons. The average molecular weight is 440 g/mol. The van der Waals surface area contributed by atoms with Gasteiger partial charge in [-0.3, -0.25) is 4.79 Å². The number of thioether (sulfide) groups is 1. The zero-order valence-corrected chi connectivity index (χ0v) is 19.7. The third kappa shape index (κ3) is 6.03. The predicted octanol–water partition coefficient (Wildman–Crippen LogP) is 6.95. The summed E-state index contributed by atoms with van der Waals surface area (Å²) >= 11 is 1.59. The summed E-state index contributed by atoms with van der Waals surface area (Å²) < 4.78 is 5.73. The molecule has 0 atom stereocenters. The van der Waals surface area contributed by atoms with E-state index in [1.165, 1.54) is 11.1 Å². The van der Waals surface area contributed by atoms with Gasteiger partial charge in [0.15, 0.2) is 5.58 Å². The van der Waals surface area contributed by atoms with Gasteiger partial charge in [-0.25, -0.2) is 4.98 Å². The number of nitrogens with two attached hydrogens (primary N) is 1. The lowest BCUT2D eigenvalue weighted by Gasteiger charge is -2.20. The molecule has 0 fully saturated rings. The molecule has 1 aromatic heterocycles. The molecule has 6 heteroatoms. The molecular formula is C25H33N3O2S. The molecule has 166 valence electrons. The fourth-order valence-electron chi connectivity index (χ4n) is 3.63. The molecule has 1 heterocycles. The quantitative estimate of drug-likeness (QED) is 0.203. The van der Waals surface area contributed by atoms with Crippen molar-refractivity contribution in [1.82, 2.24) is 4.98 Å². The van der Waals surface area contributed by atoms with Gasteiger partial charge in [0.05, 0.1) is 5.69 Å². The van der Waals surface area contributed by atoms with Crippen LogP contribution in [-0.4, -0.2) is 16.6 Å². The highest BCUT2D eigenvalue weighted by molar-refractivity contribution is 7.99. The number of rotatable bonds is 10. The molecular weight excluding hydrogens is 406 g/mol. The number of nitrogens with zero attached hydrogens (tertiary/aromatic N) is 1. The Morgan fingerprint density at radius 1 is 1.03 bits per heavy atom. The SMILES string of the molecule is CC(C)c1cccc(C(C)C)c1NC(=O)CCCCCSc1nc2c(N)cccc2o1. The molecule has 3 aromatic rings. The number of hydrogen-bond acceptors (Lipinski definition) is 5. The Balaban J connectivity index is 1.44. The van der Waals surface area contributed by atoms with Crippen molar-refractivity contribution in [2.24, 2.45) is 0 Å². The van der Waals surface area contributed by atoms with Crippen molar-refractivity contribution in [1.29, 1.82) is 0 Å². The van der Waals surface area contributed by atoms with Gasteiger partial charge < -0.3 is 15.5 Å². The number of anilines is 2. The number of fused-ring (bicyclic) bond motifs is 1. The van der Waals surface area contributed by atoms with Gasteiger partial charge in [0.25, 0.3) is 5.22 Å². The summed E-state index contributed by atoms with van der Waals surface area (Å²) in [5.41, 5.74) is 11.4. The number of benzene rings is 2. The number of amides is 1. The summed E-state index contributed by atoms with van der Waals surface area (Å²) in [5, 5.41) is 3.85. The number of nitrogens with one attached hydrogen (secondary N) is 1. The largest absolute Gasteiger partial charge is 0.431 e. The smallest absolute Gasteiger partial charge is 0.256 e. The Morgan fingerprint density at radius 2 is 1.71 bits per heavy atom. The van der Waals surface area contributed by atoms with E-state index in [1.54, 1.807) is 11.8 Å². The lowest BCUT2D eigenvalue weighted by molar-refractivity contribution is -0.116. The van der Waals surface area contributed by atoms with Gasteiger partial charge in [0.1, 0.15) is 5.52 Å². The van der Waals surface area contributed by atoms with Gasteiger partial charge >= 0.3 is 0 Å². The number of carbonyl (C=O) groups excluding carboxylic acids is 1. The maximum atomic E-state index is 12.6. The van der Waals surface area contributed by atoms with Crippen LogP contribution in [0.25, 0.3) is 11.1 Å². The monoisotopic (exact) mass is 439 g/mol. The highest BCUT2D eigenvalue weighted by atomic mass is 32.2. The van der Waals surface area contributed by atoms with E-state index >= 15 is 0 Å². The molecule has 0 aliphatic rings. The normalized spacial score (nSPS) is 11.5. The zero-order chi connectivity index (χ0) is 22.4. The average Bonchev–Trinajstić information content (AvgIpc) is 3.14. The van der Waals surface area contributed by atoms with Crippen LogP contribution in [0.3, 0.4) is 0 Å². The minimum atomic E-state index is 0.0945. The highest BCUT2D eigenvalue weighted by Crippen LogP contribution is 2.32. The summed E-state index contributed by atoms with van der Waals surface area (Å²) in [6.45, 7) is 8.66. The summed E-state index contributed by atoms with van der Waals surface area (Å²) in [6.07, 6.45) is 3.40. The number of unbranched alkanes of at least 4 members (excludes halogenated alkanes) is 2. The van der Waals surface area contributed by atoms with Crippen molar-refractivity contribution < 1.29 is 9.21 Å². The Bertz CT molecular complexity index is 1000. The molecule has 3 rings (SSSR count). The number of hydrogen-bond donors (Lipinski definition) is 2. The van der Waals surface area contributed by atoms with Crippen LogP contribution in [0.4, 0.5) is 11.4 Å². The summed E-state index contributed by atoms with van der Waals surface area (Å²) in [4.78, 5) is 17.1. The summed E-state index contributed by atoms with van der Waals surface area (Å²) in [7, 11) is 0. The number of para-hydroxylation sites is 2. The van der Waals surface area contributed by atoms with Gasteiger partial charge in [-0.1, -0.05) is 70.1 Å². The van der Waals surface area contributed by atoms with Gasteiger partial charge in [-0.05, 0) is 47.9 Å². The van der Waals surface area contributed by atoms with Crippen molar-refractivity contribution in [3.05, 3.63) is 47.5 Å². The van der Waals surface area contributed by atoms with Crippen LogP contribution in [0.1, 0.15) is 76.3 Å². The van der Waals surface area contributed by atoms with Gasteiger partial charge in [-0.15, -0.1) is 0 Å². The molecule has 0 spiro atoms. The molecule has 0 bridgehead atoms. The number of aromatic nitrogens is 1. The van der Waals surface area contributed by atoms with E-state index in [0.29, 0.717) is 29.2 Å². The molecule has 2 aromatic carbocycles. The molecule has 0 saturated heterocycles. The summed E-state index contributed by atoms with van der Waals surface area (Å²) in [6, 6.07) is 11.9. The van der Waals surface area contributed by atoms with Gasteiger partial charge in [-0.2, -0.15) is 0 Å². The third-order valence-electron chi connectivity index (χ3n) is 5.34. The first-order chi connectivity index (χ1) is 14.9. The number of oxazole rings is 1. The van der Waals surface area contributed by atoms with Gasteiger partial charge in [0, 0.05) is 17.9 Å². The maximum Gasteiger partial charge on any atom is 0.256 e. The van der Waals surface area contributed by atoms with Crippen molar-refractivity contribution in [2.45, 2.75) is 70.4 Å². The Labute approximate surface area is 189 Å². The molecule has 0 unspecified atom stereocenters. The molecule has 0 saturated carbocycles. The van der Waals surface area contributed by atoms with Crippen LogP contribution in [0.5, 0.6) is 0 Å². The first kappa shape index (κ1) is 23.2. The van der Waals surface area contributed by atoms with Crippen molar-refractivity contribution in [2.75, 3.05) is 16.8 Å². The Morgan fingerprint density at radius 3 is 2.35 bits per heavy atom. The van der Waals surface area contributed by atoms with E-state index in [0.717, 1.165) is 41.8 Å². The summed E-state index contributed by atoms with van der Waals surface area (Å²) in [5.74, 6) is 1.74. The van der Waals surface area contributed by atoms with Crippen LogP contribution in [0, 0.1) is 0 Å². The molecule has 0 aliphatic carbocycles. The van der Waals surface area contributed by atoms with Crippen LogP contribution < -0.4 is 11.1 Å². The Kier molecular flexibility index (Phi) is 8.02. The molecule has 1 amide bonds. The van der Waals surface area contributed by atoms with Crippen LogP contribution >= 0.6 is 11.8 Å². The lowest BCUT2D eigenvalue weighted by Crippen LogP contribution is -2.15. The first-order valence-corrected chi connectivity index (χ1v) is 12.1. The third-order valence-corrected chi connectivity index (χ3v) is 6.26. The second-order valence-electron chi connectivity index (χ2n) is 8.50. The van der Waals surface area contributed by atoms with Crippen molar-refractivity contribution in [3.63, 3.8) is 0 Å². The maximum absolute atomic E-state index is 12.6. The van der Waals surface area contributed by atoms with Crippen LogP contribution in [0.15, 0.2) is 46.0 Å². The van der Waals surface area contributed by atoms with Crippen molar-refractivity contribution in [3.8, 4) is 0 Å². The zero-order valence-electron chi connectivity index (χ0n) is 18.9. The minimum Gasteiger partial charge on any atom is -0.431 e. The van der Waals surface area contributed by atoms with Crippen LogP contribution in [-0.2, 0) is 4.79 Å². The highest BCUT2D eigenvalue weighted by Gasteiger charge is 2.15. The molecule has 3 N–H and O–H groups in total. The minimum absolute atomic E-state index is 0.0945. The van der Waals surface area contributed by atoms with E-state index in [2.05, 4.69) is 56.2 Å². The first-order valence-electron chi connectivity index (χ1n) is 11.1. The molecule has 31 heavy (non-hydrogen) atoms. The second kappa shape index (κ2) is 10.7. The van der Waals surface area contributed by atoms with E-state index in [9.17, 15) is 4.79 Å². The standard InChI is InChI=1S/C25H33N3O2S/c1-16(2)18-10-8-11-19(17(3)4)23(18)27-22(29)14-6-5-7-15-31-25-28-24-20(26)12-9-13-21(24)30-25/h8-13,16-17H,5-7,14-15,26H2,1-4H3,(H,27,29). The predicted molar refractivity (Wildman–Crippen MR) is 131 cm³/mol. The molecule has 0 aliphatic heterocycles. The van der Waals surface area contributed by atoms with E-state index in [-0.39, 0.29) is 5.91 Å². The number of nitrogen functional groups attached to an aromatic ring is 1. The van der Waals surface area contributed by atoms with Crippen molar-refractivity contribution >= 4 is 40.1 Å². The molecule has 5 nitrogen and oxygen atoms in total. The van der Waals surface area contributed by atoms with E-state index < -0.39 is 0 Å². The lowest BCUT2D eigenvalue weighted by atomic mass is 9.92. The Hall–Kier alpha value is -2.47. The number of carbonyl (C=O) groups is 1.